The number of ether oxygens (including phenoxy) is 4. The molecule has 0 fully saturated rings. The number of hydrogen-bond donors (Lipinski definition) is 0. The van der Waals surface area contributed by atoms with Crippen molar-refractivity contribution in [3.05, 3.63) is 48.6 Å². The summed E-state index contributed by atoms with van der Waals surface area (Å²) in [6.45, 7) is 4.54. The molecule has 9 nitrogen and oxygen atoms in total. The fraction of sp³-hybridized carbons (Fsp3) is 0.738. The summed E-state index contributed by atoms with van der Waals surface area (Å²) in [7, 11) is 5.88. The summed E-state index contributed by atoms with van der Waals surface area (Å²) in [5.41, 5.74) is 0. The van der Waals surface area contributed by atoms with E-state index in [4.69, 9.17) is 18.9 Å². The number of hydrogen-bond acceptors (Lipinski definition) is 8. The van der Waals surface area contributed by atoms with Crippen LogP contribution >= 0.6 is 0 Å². The number of carboxylic acid groups (broad SMARTS) is 1. The molecule has 0 aromatic rings. The van der Waals surface area contributed by atoms with Crippen LogP contribution in [0.4, 0.5) is 0 Å². The molecule has 51 heavy (non-hydrogen) atoms. The Morgan fingerprint density at radius 3 is 1.67 bits per heavy atom. The molecular weight excluding hydrogens is 646 g/mol. The number of carbonyl (C=O) groups excluding carboxylic acids is 3. The number of likely N-dealkylation sites (N-methyl/N-ethyl adjacent to an activating group) is 1. The first-order chi connectivity index (χ1) is 24.6. The highest BCUT2D eigenvalue weighted by Gasteiger charge is 2.21. The SMILES string of the molecule is CC/C=C\C/C=C\C/C=C\C/C=C\CCCCC(=O)OC(COC(=O)CCCCCCCCCCCCC)COC(OCC[N+](C)(C)C)C(=O)[O-]. The van der Waals surface area contributed by atoms with E-state index in [9.17, 15) is 19.5 Å². The summed E-state index contributed by atoms with van der Waals surface area (Å²) in [5, 5.41) is 11.6. The number of carbonyl (C=O) groups is 3. The Morgan fingerprint density at radius 2 is 1.12 bits per heavy atom. The number of unbranched alkanes of at least 4 members (excludes halogenated alkanes) is 12. The van der Waals surface area contributed by atoms with Crippen LogP contribution in [0.5, 0.6) is 0 Å². The van der Waals surface area contributed by atoms with Crippen molar-refractivity contribution in [1.82, 2.24) is 0 Å². The normalized spacial score (nSPS) is 13.5. The average Bonchev–Trinajstić information content (AvgIpc) is 3.08. The van der Waals surface area contributed by atoms with Crippen LogP contribution in [0, 0.1) is 0 Å². The second kappa shape index (κ2) is 34.3. The molecule has 0 saturated carbocycles. The minimum atomic E-state index is -1.63. The highest BCUT2D eigenvalue weighted by Crippen LogP contribution is 2.13. The van der Waals surface area contributed by atoms with Crippen molar-refractivity contribution in [3.8, 4) is 0 Å². The number of carboxylic acids is 1. The van der Waals surface area contributed by atoms with Crippen LogP contribution in [0.15, 0.2) is 48.6 Å². The monoisotopic (exact) mass is 720 g/mol. The lowest BCUT2D eigenvalue weighted by atomic mass is 10.1. The number of esters is 2. The highest BCUT2D eigenvalue weighted by atomic mass is 16.7. The summed E-state index contributed by atoms with van der Waals surface area (Å²) in [4.78, 5) is 36.7. The molecule has 2 atom stereocenters. The van der Waals surface area contributed by atoms with E-state index in [0.29, 0.717) is 17.4 Å². The van der Waals surface area contributed by atoms with E-state index < -0.39 is 24.3 Å². The Balaban J connectivity index is 4.61. The fourth-order valence-corrected chi connectivity index (χ4v) is 4.99. The van der Waals surface area contributed by atoms with Crippen molar-refractivity contribution in [2.24, 2.45) is 0 Å². The van der Waals surface area contributed by atoms with Crippen molar-refractivity contribution >= 4 is 17.9 Å². The van der Waals surface area contributed by atoms with Gasteiger partial charge in [-0.25, -0.2) is 0 Å². The minimum Gasteiger partial charge on any atom is -0.545 e. The van der Waals surface area contributed by atoms with Gasteiger partial charge >= 0.3 is 11.9 Å². The van der Waals surface area contributed by atoms with Gasteiger partial charge in [-0.15, -0.1) is 0 Å². The number of aliphatic carboxylic acids is 1. The molecule has 0 saturated heterocycles. The smallest absolute Gasteiger partial charge is 0.306 e. The molecule has 0 aromatic heterocycles. The van der Waals surface area contributed by atoms with Crippen LogP contribution < -0.4 is 5.11 Å². The van der Waals surface area contributed by atoms with E-state index in [1.807, 2.05) is 21.1 Å². The average molecular weight is 720 g/mol. The summed E-state index contributed by atoms with van der Waals surface area (Å²) >= 11 is 0. The van der Waals surface area contributed by atoms with Gasteiger partial charge in [0.2, 0.25) is 0 Å². The molecular formula is C42H73NO8. The molecule has 0 aliphatic carbocycles. The quantitative estimate of drug-likeness (QED) is 0.0211. The lowest BCUT2D eigenvalue weighted by molar-refractivity contribution is -0.870. The second-order valence-corrected chi connectivity index (χ2v) is 14.2. The molecule has 0 bridgehead atoms. The maximum Gasteiger partial charge on any atom is 0.306 e. The van der Waals surface area contributed by atoms with Crippen molar-refractivity contribution in [1.29, 1.82) is 0 Å². The van der Waals surface area contributed by atoms with Gasteiger partial charge in [-0.05, 0) is 51.4 Å². The van der Waals surface area contributed by atoms with E-state index in [-0.39, 0.29) is 38.6 Å². The lowest BCUT2D eigenvalue weighted by Gasteiger charge is -2.26. The molecule has 2 unspecified atom stereocenters. The molecule has 0 aliphatic heterocycles. The molecule has 9 heteroatoms. The number of allylic oxidation sites excluding steroid dienone is 8. The maximum atomic E-state index is 12.7. The molecule has 0 amide bonds. The van der Waals surface area contributed by atoms with Gasteiger partial charge in [0.1, 0.15) is 13.2 Å². The van der Waals surface area contributed by atoms with Crippen LogP contribution in [-0.2, 0) is 33.3 Å². The zero-order chi connectivity index (χ0) is 37.8. The van der Waals surface area contributed by atoms with Gasteiger partial charge in [0, 0.05) is 12.8 Å². The molecule has 0 heterocycles. The van der Waals surface area contributed by atoms with Gasteiger partial charge in [0.15, 0.2) is 12.4 Å². The third-order valence-corrected chi connectivity index (χ3v) is 8.09. The first-order valence-corrected chi connectivity index (χ1v) is 19.8. The van der Waals surface area contributed by atoms with E-state index in [2.05, 4.69) is 62.5 Å². The molecule has 0 radical (unpaired) electrons. The van der Waals surface area contributed by atoms with Crippen molar-refractivity contribution in [3.63, 3.8) is 0 Å². The van der Waals surface area contributed by atoms with Gasteiger partial charge in [-0.3, -0.25) is 9.59 Å². The van der Waals surface area contributed by atoms with Crippen LogP contribution in [0.3, 0.4) is 0 Å². The first-order valence-electron chi connectivity index (χ1n) is 19.8. The van der Waals surface area contributed by atoms with Crippen molar-refractivity contribution in [2.45, 2.75) is 155 Å². The number of quaternary nitrogens is 1. The third kappa shape index (κ3) is 35.4. The maximum absolute atomic E-state index is 12.7. The van der Waals surface area contributed by atoms with Gasteiger partial charge in [-0.1, -0.05) is 127 Å². The Kier molecular flexibility index (Phi) is 32.5. The summed E-state index contributed by atoms with van der Waals surface area (Å²) in [6, 6.07) is 0. The Morgan fingerprint density at radius 1 is 0.608 bits per heavy atom. The fourth-order valence-electron chi connectivity index (χ4n) is 4.99. The molecule has 0 aromatic carbocycles. The third-order valence-electron chi connectivity index (χ3n) is 8.09. The molecule has 0 rings (SSSR count). The predicted octanol–water partition coefficient (Wildman–Crippen LogP) is 8.32. The van der Waals surface area contributed by atoms with Crippen molar-refractivity contribution < 1.29 is 42.9 Å². The Bertz CT molecular complexity index is 982. The van der Waals surface area contributed by atoms with Gasteiger partial charge in [0.25, 0.3) is 0 Å². The molecule has 0 N–H and O–H groups in total. The van der Waals surface area contributed by atoms with Crippen LogP contribution in [0.25, 0.3) is 0 Å². The lowest BCUT2D eigenvalue weighted by Crippen LogP contribution is -2.44. The minimum absolute atomic E-state index is 0.139. The molecule has 0 aliphatic rings. The summed E-state index contributed by atoms with van der Waals surface area (Å²) in [6.07, 6.45) is 34.3. The zero-order valence-electron chi connectivity index (χ0n) is 33.0. The van der Waals surface area contributed by atoms with Crippen LogP contribution in [-0.4, -0.2) is 82.3 Å². The van der Waals surface area contributed by atoms with E-state index in [0.717, 1.165) is 57.8 Å². The predicted molar refractivity (Wildman–Crippen MR) is 205 cm³/mol. The van der Waals surface area contributed by atoms with Crippen LogP contribution in [0.1, 0.15) is 142 Å². The molecule has 0 spiro atoms. The highest BCUT2D eigenvalue weighted by molar-refractivity contribution is 5.70. The van der Waals surface area contributed by atoms with Crippen LogP contribution in [0.2, 0.25) is 0 Å². The Labute approximate surface area is 311 Å². The van der Waals surface area contributed by atoms with Gasteiger partial charge in [0.05, 0.1) is 40.3 Å². The second-order valence-electron chi connectivity index (χ2n) is 14.2. The molecule has 294 valence electrons. The largest absolute Gasteiger partial charge is 0.545 e. The summed E-state index contributed by atoms with van der Waals surface area (Å²) < 4.78 is 22.4. The van der Waals surface area contributed by atoms with Crippen molar-refractivity contribution in [2.75, 3.05) is 47.5 Å². The Hall–Kier alpha value is -2.75. The van der Waals surface area contributed by atoms with E-state index in [1.54, 1.807) is 0 Å². The number of rotatable bonds is 35. The van der Waals surface area contributed by atoms with E-state index in [1.165, 1.54) is 51.4 Å². The van der Waals surface area contributed by atoms with E-state index >= 15 is 0 Å². The first kappa shape index (κ1) is 48.2. The number of nitrogens with zero attached hydrogens (tertiary/aromatic N) is 1. The topological polar surface area (TPSA) is 111 Å². The van der Waals surface area contributed by atoms with Gasteiger partial charge < -0.3 is 33.3 Å². The zero-order valence-corrected chi connectivity index (χ0v) is 33.0. The van der Waals surface area contributed by atoms with Gasteiger partial charge in [-0.2, -0.15) is 0 Å². The standard InChI is InChI=1S/C42H73NO8/c1-6-8-10-12-14-16-18-19-20-21-23-25-27-29-31-33-40(45)51-38(37-50-42(41(46)47)48-35-34-43(3,4)5)36-49-39(44)32-30-28-26-24-22-17-15-13-11-9-7-2/h8,10,14,16,19-20,23,25,38,42H,6-7,9,11-13,15,17-18,21-22,24,26-37H2,1-5H3/b10-8-,16-14-,20-19-,25-23-. The summed E-state index contributed by atoms with van der Waals surface area (Å²) in [5.74, 6) is -2.35.